The molecule has 0 saturated carbocycles. The van der Waals surface area contributed by atoms with Crippen LogP contribution >= 0.6 is 0 Å². The van der Waals surface area contributed by atoms with Crippen molar-refractivity contribution in [2.24, 2.45) is 0 Å². The Hall–Kier alpha value is -4.26. The van der Waals surface area contributed by atoms with Gasteiger partial charge in [-0.05, 0) is 23.3 Å². The van der Waals surface area contributed by atoms with Crippen LogP contribution in [0.4, 0.5) is 0 Å². The van der Waals surface area contributed by atoms with Gasteiger partial charge in [-0.1, -0.05) is 97.1 Å². The van der Waals surface area contributed by atoms with Crippen molar-refractivity contribution in [1.29, 1.82) is 0 Å². The Morgan fingerprint density at radius 3 is 2.03 bits per heavy atom. The molecule has 6 heteroatoms. The number of amides is 1. The van der Waals surface area contributed by atoms with Crippen LogP contribution < -0.4 is 15.4 Å². The minimum atomic E-state index is -0.764. The maximum Gasteiger partial charge on any atom is 0.255 e. The highest BCUT2D eigenvalue weighted by Crippen LogP contribution is 2.18. The Kier molecular flexibility index (Phi) is 9.18. The van der Waals surface area contributed by atoms with Crippen LogP contribution in [0.25, 0.3) is 0 Å². The van der Waals surface area contributed by atoms with E-state index in [-0.39, 0.29) is 18.3 Å². The van der Waals surface area contributed by atoms with Crippen LogP contribution in [0.2, 0.25) is 0 Å². The lowest BCUT2D eigenvalue weighted by Crippen LogP contribution is -2.31. The predicted molar refractivity (Wildman–Crippen MR) is 144 cm³/mol. The summed E-state index contributed by atoms with van der Waals surface area (Å²) in [4.78, 5) is 25.2. The standard InChI is InChI=1S/C31H30N2O4/c34-27(21-32-19-24-15-17-26(18-16-24)30(35)25-11-5-2-6-12-25)22-37-29-14-8-7-13-28(29)31(36)33-20-23-9-3-1-4-10-23/h1-18,27,32,34H,19-22H2,(H,33,36). The third kappa shape index (κ3) is 7.61. The summed E-state index contributed by atoms with van der Waals surface area (Å²) in [7, 11) is 0. The molecule has 0 aliphatic rings. The molecule has 4 aromatic rings. The van der Waals surface area contributed by atoms with Crippen molar-refractivity contribution < 1.29 is 19.4 Å². The number of benzene rings is 4. The van der Waals surface area contributed by atoms with Gasteiger partial charge in [0.15, 0.2) is 5.78 Å². The van der Waals surface area contributed by atoms with Crippen molar-refractivity contribution in [2.45, 2.75) is 19.2 Å². The van der Waals surface area contributed by atoms with Crippen LogP contribution in [0.5, 0.6) is 5.75 Å². The van der Waals surface area contributed by atoms with Gasteiger partial charge >= 0.3 is 0 Å². The molecule has 37 heavy (non-hydrogen) atoms. The lowest BCUT2D eigenvalue weighted by Gasteiger charge is -2.16. The minimum absolute atomic E-state index is 0.0123. The lowest BCUT2D eigenvalue weighted by atomic mass is 10.0. The van der Waals surface area contributed by atoms with Gasteiger partial charge in [-0.3, -0.25) is 9.59 Å². The molecule has 0 spiro atoms. The highest BCUT2D eigenvalue weighted by Gasteiger charge is 2.14. The zero-order valence-corrected chi connectivity index (χ0v) is 20.5. The molecule has 0 fully saturated rings. The summed E-state index contributed by atoms with van der Waals surface area (Å²) in [5.41, 5.74) is 3.72. The predicted octanol–water partition coefficient (Wildman–Crippen LogP) is 4.38. The Morgan fingerprint density at radius 1 is 0.703 bits per heavy atom. The maximum atomic E-state index is 12.7. The lowest BCUT2D eigenvalue weighted by molar-refractivity contribution is 0.0922. The number of ether oxygens (including phenoxy) is 1. The SMILES string of the molecule is O=C(c1ccccc1)c1ccc(CNCC(O)COc2ccccc2C(=O)NCc2ccccc2)cc1. The molecule has 0 radical (unpaired) electrons. The fraction of sp³-hybridized carbons (Fsp3) is 0.161. The highest BCUT2D eigenvalue weighted by atomic mass is 16.5. The molecule has 1 amide bonds. The number of para-hydroxylation sites is 1. The van der Waals surface area contributed by atoms with E-state index in [9.17, 15) is 14.7 Å². The summed E-state index contributed by atoms with van der Waals surface area (Å²) in [6.45, 7) is 1.31. The Labute approximate surface area is 216 Å². The second-order valence-corrected chi connectivity index (χ2v) is 8.65. The first-order valence-electron chi connectivity index (χ1n) is 12.2. The number of aliphatic hydroxyl groups is 1. The van der Waals surface area contributed by atoms with Gasteiger partial charge in [0, 0.05) is 30.8 Å². The Bertz CT molecular complexity index is 1290. The molecule has 6 nitrogen and oxygen atoms in total. The summed E-state index contributed by atoms with van der Waals surface area (Å²) >= 11 is 0. The van der Waals surface area contributed by atoms with Crippen molar-refractivity contribution in [3.63, 3.8) is 0 Å². The fourth-order valence-corrected chi connectivity index (χ4v) is 3.81. The molecule has 4 rings (SSSR count). The first-order valence-corrected chi connectivity index (χ1v) is 12.2. The molecule has 0 aliphatic heterocycles. The molecule has 4 aromatic carbocycles. The van der Waals surface area contributed by atoms with E-state index in [2.05, 4.69) is 10.6 Å². The molecule has 0 saturated heterocycles. The van der Waals surface area contributed by atoms with E-state index in [0.29, 0.717) is 42.1 Å². The molecule has 0 aliphatic carbocycles. The summed E-state index contributed by atoms with van der Waals surface area (Å²) in [5, 5.41) is 16.5. The van der Waals surface area contributed by atoms with Gasteiger partial charge in [-0.25, -0.2) is 0 Å². The average molecular weight is 495 g/mol. The van der Waals surface area contributed by atoms with Crippen molar-refractivity contribution in [3.8, 4) is 5.75 Å². The van der Waals surface area contributed by atoms with Crippen LogP contribution in [-0.2, 0) is 13.1 Å². The molecule has 0 aromatic heterocycles. The zero-order chi connectivity index (χ0) is 25.9. The van der Waals surface area contributed by atoms with Crippen LogP contribution in [0, 0.1) is 0 Å². The molecule has 0 bridgehead atoms. The second-order valence-electron chi connectivity index (χ2n) is 8.65. The Balaban J connectivity index is 1.22. The molecule has 1 unspecified atom stereocenters. The quantitative estimate of drug-likeness (QED) is 0.255. The third-order valence-corrected chi connectivity index (χ3v) is 5.82. The van der Waals surface area contributed by atoms with Gasteiger partial charge in [0.25, 0.3) is 5.91 Å². The van der Waals surface area contributed by atoms with E-state index in [1.807, 2.05) is 72.8 Å². The third-order valence-electron chi connectivity index (χ3n) is 5.82. The van der Waals surface area contributed by atoms with Gasteiger partial charge < -0.3 is 20.5 Å². The van der Waals surface area contributed by atoms with Crippen LogP contribution in [0.3, 0.4) is 0 Å². The van der Waals surface area contributed by atoms with Gasteiger partial charge in [0.1, 0.15) is 18.5 Å². The number of rotatable bonds is 12. The van der Waals surface area contributed by atoms with E-state index < -0.39 is 6.10 Å². The van der Waals surface area contributed by atoms with Gasteiger partial charge in [-0.15, -0.1) is 0 Å². The number of ketones is 1. The Morgan fingerprint density at radius 2 is 1.30 bits per heavy atom. The topological polar surface area (TPSA) is 87.7 Å². The normalized spacial score (nSPS) is 11.5. The smallest absolute Gasteiger partial charge is 0.255 e. The minimum Gasteiger partial charge on any atom is -0.490 e. The van der Waals surface area contributed by atoms with Crippen molar-refractivity contribution >= 4 is 11.7 Å². The molecule has 0 heterocycles. The second kappa shape index (κ2) is 13.2. The van der Waals surface area contributed by atoms with Crippen molar-refractivity contribution in [2.75, 3.05) is 13.2 Å². The zero-order valence-electron chi connectivity index (χ0n) is 20.5. The molecular weight excluding hydrogens is 464 g/mol. The number of carbonyl (C=O) groups is 2. The molecule has 1 atom stereocenters. The van der Waals surface area contributed by atoms with Crippen LogP contribution in [0.15, 0.2) is 109 Å². The van der Waals surface area contributed by atoms with Gasteiger partial charge in [-0.2, -0.15) is 0 Å². The number of nitrogens with one attached hydrogen (secondary N) is 2. The van der Waals surface area contributed by atoms with Gasteiger partial charge in [0.05, 0.1) is 5.56 Å². The van der Waals surface area contributed by atoms with E-state index in [4.69, 9.17) is 4.74 Å². The van der Waals surface area contributed by atoms with E-state index in [1.165, 1.54) is 0 Å². The first-order chi connectivity index (χ1) is 18.1. The molecule has 188 valence electrons. The van der Waals surface area contributed by atoms with E-state index in [1.54, 1.807) is 36.4 Å². The number of hydrogen-bond donors (Lipinski definition) is 3. The van der Waals surface area contributed by atoms with Crippen molar-refractivity contribution in [3.05, 3.63) is 137 Å². The average Bonchev–Trinajstić information content (AvgIpc) is 2.96. The number of aliphatic hydroxyl groups excluding tert-OH is 1. The first kappa shape index (κ1) is 25.8. The highest BCUT2D eigenvalue weighted by molar-refractivity contribution is 6.08. The summed E-state index contributed by atoms with van der Waals surface area (Å²) < 4.78 is 5.77. The number of hydrogen-bond acceptors (Lipinski definition) is 5. The van der Waals surface area contributed by atoms with E-state index >= 15 is 0 Å². The summed E-state index contributed by atoms with van der Waals surface area (Å²) in [5.74, 6) is 0.175. The molecule has 3 N–H and O–H groups in total. The molecular formula is C31H30N2O4. The summed E-state index contributed by atoms with van der Waals surface area (Å²) in [6.07, 6.45) is -0.764. The summed E-state index contributed by atoms with van der Waals surface area (Å²) in [6, 6.07) is 33.3. The van der Waals surface area contributed by atoms with Crippen LogP contribution in [0.1, 0.15) is 37.4 Å². The van der Waals surface area contributed by atoms with Crippen LogP contribution in [-0.4, -0.2) is 36.1 Å². The van der Waals surface area contributed by atoms with E-state index in [0.717, 1.165) is 11.1 Å². The van der Waals surface area contributed by atoms with Crippen molar-refractivity contribution in [1.82, 2.24) is 10.6 Å². The maximum absolute atomic E-state index is 12.7. The fourth-order valence-electron chi connectivity index (χ4n) is 3.81. The monoisotopic (exact) mass is 494 g/mol. The number of carbonyl (C=O) groups excluding carboxylic acids is 2. The van der Waals surface area contributed by atoms with Gasteiger partial charge in [0.2, 0.25) is 0 Å². The largest absolute Gasteiger partial charge is 0.490 e.